The van der Waals surface area contributed by atoms with Gasteiger partial charge >= 0.3 is 17.8 Å². The lowest BCUT2D eigenvalue weighted by atomic mass is 9.75. The zero-order chi connectivity index (χ0) is 18.1. The molecule has 2 heterocycles. The van der Waals surface area contributed by atoms with E-state index >= 15 is 0 Å². The second-order valence-electron chi connectivity index (χ2n) is 8.81. The number of fused-ring (bicyclic) bond motifs is 1. The molecule has 2 aliphatic heterocycles. The summed E-state index contributed by atoms with van der Waals surface area (Å²) in [5.41, 5.74) is 0.476. The summed E-state index contributed by atoms with van der Waals surface area (Å²) in [7, 11) is 0. The SMILES string of the molecule is CCCN1C(=O)C2=NC(C34CC5CC(CC3C5)C4)=NC2=[N+](CCC)C1=O. The molecule has 0 aromatic carbocycles. The van der Waals surface area contributed by atoms with Crippen LogP contribution in [0.5, 0.6) is 0 Å². The van der Waals surface area contributed by atoms with E-state index in [1.807, 2.05) is 13.8 Å². The van der Waals surface area contributed by atoms with Gasteiger partial charge in [0.05, 0.1) is 18.5 Å². The summed E-state index contributed by atoms with van der Waals surface area (Å²) in [6.07, 6.45) is 7.88. The minimum atomic E-state index is -0.257. The Hall–Kier alpha value is -1.85. The molecule has 26 heavy (non-hydrogen) atoms. The van der Waals surface area contributed by atoms with Crippen molar-refractivity contribution < 1.29 is 14.2 Å². The summed E-state index contributed by atoms with van der Waals surface area (Å²) in [6, 6.07) is -0.229. The van der Waals surface area contributed by atoms with E-state index in [2.05, 4.69) is 0 Å². The first-order valence-corrected chi connectivity index (χ1v) is 10.3. The number of hydrogen-bond donors (Lipinski definition) is 0. The normalized spacial score (nSPS) is 37.6. The minimum Gasteiger partial charge on any atom is -0.248 e. The van der Waals surface area contributed by atoms with Crippen LogP contribution in [-0.2, 0) is 4.79 Å². The van der Waals surface area contributed by atoms with E-state index < -0.39 is 0 Å². The second kappa shape index (κ2) is 5.57. The molecular formula is C20H27N4O2+. The van der Waals surface area contributed by atoms with Crippen molar-refractivity contribution in [1.29, 1.82) is 0 Å². The summed E-state index contributed by atoms with van der Waals surface area (Å²) < 4.78 is 1.68. The van der Waals surface area contributed by atoms with Crippen LogP contribution in [0.25, 0.3) is 0 Å². The van der Waals surface area contributed by atoms with Gasteiger partial charge in [-0.2, -0.15) is 9.48 Å². The van der Waals surface area contributed by atoms with Crippen LogP contribution in [0.1, 0.15) is 58.8 Å². The Morgan fingerprint density at radius 3 is 2.46 bits per heavy atom. The number of rotatable bonds is 5. The van der Waals surface area contributed by atoms with Crippen molar-refractivity contribution in [3.8, 4) is 0 Å². The molecule has 0 N–H and O–H groups in total. The number of aliphatic imine (C=N–C) groups is 2. The number of carbonyl (C=O) groups is 2. The van der Waals surface area contributed by atoms with Gasteiger partial charge in [-0.05, 0) is 62.7 Å². The third-order valence-electron chi connectivity index (χ3n) is 7.14. The third-order valence-corrected chi connectivity index (χ3v) is 7.14. The molecule has 6 nitrogen and oxygen atoms in total. The Labute approximate surface area is 154 Å². The molecule has 6 rings (SSSR count). The maximum absolute atomic E-state index is 12.9. The molecule has 6 heteroatoms. The Morgan fingerprint density at radius 1 is 1.08 bits per heavy atom. The monoisotopic (exact) mass is 355 g/mol. The topological polar surface area (TPSA) is 65.1 Å². The molecule has 4 saturated carbocycles. The molecule has 4 aliphatic carbocycles. The van der Waals surface area contributed by atoms with E-state index in [-0.39, 0.29) is 17.4 Å². The first-order valence-electron chi connectivity index (χ1n) is 10.3. The lowest BCUT2D eigenvalue weighted by Gasteiger charge is -2.29. The Bertz CT molecular complexity index is 780. The zero-order valence-electron chi connectivity index (χ0n) is 15.7. The molecule has 4 fully saturated rings. The van der Waals surface area contributed by atoms with Crippen LogP contribution in [0.4, 0.5) is 4.79 Å². The first kappa shape index (κ1) is 16.3. The van der Waals surface area contributed by atoms with Gasteiger partial charge in [-0.15, -0.1) is 0 Å². The zero-order valence-corrected chi connectivity index (χ0v) is 15.7. The highest BCUT2D eigenvalue weighted by Gasteiger charge is 2.63. The highest BCUT2D eigenvalue weighted by molar-refractivity contribution is 6.70. The summed E-state index contributed by atoms with van der Waals surface area (Å²) in [5, 5.41) is 0. The Morgan fingerprint density at radius 2 is 1.81 bits per heavy atom. The van der Waals surface area contributed by atoms with Gasteiger partial charge in [0, 0.05) is 0 Å². The standard InChI is InChI=1S/C20H27N4O2/c1-3-5-23-16-15(17(25)24(6-4-2)19(23)26)21-18(22-16)20-10-12-7-13(11-20)9-14(20)8-12/h12-14H,3-11H2,1-2H3/q+1. The smallest absolute Gasteiger partial charge is 0.248 e. The quantitative estimate of drug-likeness (QED) is 0.712. The van der Waals surface area contributed by atoms with Crippen LogP contribution < -0.4 is 0 Å². The van der Waals surface area contributed by atoms with Crippen molar-refractivity contribution >= 4 is 29.3 Å². The van der Waals surface area contributed by atoms with Gasteiger partial charge in [0.15, 0.2) is 0 Å². The van der Waals surface area contributed by atoms with Crippen molar-refractivity contribution in [2.45, 2.75) is 58.8 Å². The molecule has 0 spiro atoms. The lowest BCUT2D eigenvalue weighted by molar-refractivity contribution is -0.435. The molecule has 0 radical (unpaired) electrons. The Balaban J connectivity index is 1.59. The molecule has 0 aromatic rings. The molecule has 0 saturated heterocycles. The van der Waals surface area contributed by atoms with E-state index in [0.29, 0.717) is 30.6 Å². The van der Waals surface area contributed by atoms with Crippen molar-refractivity contribution in [3.05, 3.63) is 0 Å². The Kier molecular flexibility index (Phi) is 3.50. The van der Waals surface area contributed by atoms with Gasteiger partial charge in [0.25, 0.3) is 0 Å². The highest BCUT2D eigenvalue weighted by atomic mass is 16.2. The molecular weight excluding hydrogens is 328 g/mol. The van der Waals surface area contributed by atoms with Crippen molar-refractivity contribution in [1.82, 2.24) is 4.90 Å². The fraction of sp³-hybridized carbons (Fsp3) is 0.750. The van der Waals surface area contributed by atoms with Gasteiger partial charge in [-0.1, -0.05) is 18.8 Å². The van der Waals surface area contributed by atoms with Gasteiger partial charge < -0.3 is 0 Å². The summed E-state index contributed by atoms with van der Waals surface area (Å²) in [5.74, 6) is 3.41. The molecule has 138 valence electrons. The molecule has 2 unspecified atom stereocenters. The fourth-order valence-electron chi connectivity index (χ4n) is 6.35. The van der Waals surface area contributed by atoms with E-state index in [1.54, 1.807) is 4.58 Å². The van der Waals surface area contributed by atoms with Crippen LogP contribution in [0.15, 0.2) is 9.98 Å². The maximum Gasteiger partial charge on any atom is 0.446 e. The van der Waals surface area contributed by atoms with Crippen molar-refractivity contribution in [2.24, 2.45) is 33.2 Å². The first-order chi connectivity index (χ1) is 12.6. The summed E-state index contributed by atoms with van der Waals surface area (Å²) >= 11 is 0. The predicted octanol–water partition coefficient (Wildman–Crippen LogP) is 2.86. The summed E-state index contributed by atoms with van der Waals surface area (Å²) in [6.45, 7) is 5.05. The van der Waals surface area contributed by atoms with Crippen LogP contribution in [0.3, 0.4) is 0 Å². The van der Waals surface area contributed by atoms with Crippen LogP contribution in [-0.4, -0.2) is 51.9 Å². The average Bonchev–Trinajstić information content (AvgIpc) is 3.24. The number of amidine groups is 2. The number of carbonyl (C=O) groups excluding carboxylic acids is 2. The molecule has 3 amide bonds. The maximum atomic E-state index is 12.9. The van der Waals surface area contributed by atoms with Crippen molar-refractivity contribution in [2.75, 3.05) is 13.1 Å². The van der Waals surface area contributed by atoms with E-state index in [0.717, 1.165) is 30.5 Å². The second-order valence-corrected chi connectivity index (χ2v) is 8.81. The molecule has 2 atom stereocenters. The third kappa shape index (κ3) is 2.01. The number of urea groups is 1. The van der Waals surface area contributed by atoms with Crippen LogP contribution >= 0.6 is 0 Å². The van der Waals surface area contributed by atoms with Gasteiger partial charge in [-0.25, -0.2) is 14.6 Å². The number of hydrogen-bond acceptors (Lipinski definition) is 4. The highest BCUT2D eigenvalue weighted by Crippen LogP contribution is 2.66. The van der Waals surface area contributed by atoms with E-state index in [1.165, 1.54) is 37.0 Å². The van der Waals surface area contributed by atoms with Crippen LogP contribution in [0, 0.1) is 23.2 Å². The largest absolute Gasteiger partial charge is 0.446 e. The van der Waals surface area contributed by atoms with E-state index in [9.17, 15) is 9.59 Å². The minimum absolute atomic E-state index is 0.0712. The lowest BCUT2D eigenvalue weighted by Crippen LogP contribution is -2.54. The number of nitrogens with zero attached hydrogens (tertiary/aromatic N) is 4. The predicted molar refractivity (Wildman–Crippen MR) is 98.7 cm³/mol. The van der Waals surface area contributed by atoms with E-state index in [4.69, 9.17) is 9.98 Å². The molecule has 4 bridgehead atoms. The number of amides is 3. The van der Waals surface area contributed by atoms with Gasteiger partial charge in [0.1, 0.15) is 0 Å². The van der Waals surface area contributed by atoms with Crippen molar-refractivity contribution in [3.63, 3.8) is 0 Å². The average molecular weight is 355 g/mol. The van der Waals surface area contributed by atoms with Gasteiger partial charge in [0.2, 0.25) is 11.5 Å². The fourth-order valence-corrected chi connectivity index (χ4v) is 6.35. The van der Waals surface area contributed by atoms with Crippen LogP contribution in [0.2, 0.25) is 0 Å². The number of imide groups is 1. The molecule has 0 aromatic heterocycles. The van der Waals surface area contributed by atoms with Gasteiger partial charge in [-0.3, -0.25) is 0 Å². The molecule has 6 aliphatic rings. The summed E-state index contributed by atoms with van der Waals surface area (Å²) in [4.78, 5) is 36.8.